The van der Waals surface area contributed by atoms with Gasteiger partial charge < -0.3 is 10.2 Å². The van der Waals surface area contributed by atoms with Crippen LogP contribution in [0.25, 0.3) is 5.69 Å². The van der Waals surface area contributed by atoms with Crippen molar-refractivity contribution in [1.29, 1.82) is 0 Å². The Balaban J connectivity index is 2.55. The number of hydrogen-bond acceptors (Lipinski definition) is 4. The first kappa shape index (κ1) is 12.7. The lowest BCUT2D eigenvalue weighted by Crippen LogP contribution is -2.14. The molecule has 0 atom stereocenters. The van der Waals surface area contributed by atoms with Crippen LogP contribution in [0, 0.1) is 0 Å². The first-order valence-corrected chi connectivity index (χ1v) is 5.83. The highest BCUT2D eigenvalue weighted by molar-refractivity contribution is 6.33. The van der Waals surface area contributed by atoms with Crippen LogP contribution in [-0.4, -0.2) is 9.78 Å². The summed E-state index contributed by atoms with van der Waals surface area (Å²) in [4.78, 5) is 11.7. The van der Waals surface area contributed by atoms with Gasteiger partial charge in [-0.3, -0.25) is 0 Å². The largest absolute Gasteiger partial charge is 0.441 e. The Bertz CT molecular complexity index is 638. The maximum Gasteiger partial charge on any atom is 0.441 e. The zero-order valence-electron chi connectivity index (χ0n) is 10.4. The summed E-state index contributed by atoms with van der Waals surface area (Å²) in [6, 6.07) is 4.86. The molecular weight excluding hydrogens is 254 g/mol. The van der Waals surface area contributed by atoms with Crippen molar-refractivity contribution in [3.05, 3.63) is 39.7 Å². The molecule has 0 aliphatic rings. The molecule has 0 unspecified atom stereocenters. The summed E-state index contributed by atoms with van der Waals surface area (Å²) in [7, 11) is 0. The van der Waals surface area contributed by atoms with Crippen LogP contribution in [0.5, 0.6) is 0 Å². The van der Waals surface area contributed by atoms with Gasteiger partial charge in [0, 0.05) is 5.41 Å². The Morgan fingerprint density at radius 2 is 2.06 bits per heavy atom. The highest BCUT2D eigenvalue weighted by atomic mass is 35.5. The Morgan fingerprint density at radius 1 is 1.39 bits per heavy atom. The molecular formula is C12H14ClN3O2. The van der Waals surface area contributed by atoms with Gasteiger partial charge in [0.25, 0.3) is 0 Å². The molecule has 0 saturated carbocycles. The fourth-order valence-corrected chi connectivity index (χ4v) is 1.52. The summed E-state index contributed by atoms with van der Waals surface area (Å²) < 4.78 is 6.30. The molecule has 0 aliphatic heterocycles. The van der Waals surface area contributed by atoms with Crippen LogP contribution >= 0.6 is 11.6 Å². The third-order valence-electron chi connectivity index (χ3n) is 2.41. The van der Waals surface area contributed by atoms with Crippen molar-refractivity contribution < 1.29 is 4.42 Å². The van der Waals surface area contributed by atoms with Crippen molar-refractivity contribution in [3.8, 4) is 5.69 Å². The van der Waals surface area contributed by atoms with E-state index >= 15 is 0 Å². The van der Waals surface area contributed by atoms with Crippen molar-refractivity contribution in [3.63, 3.8) is 0 Å². The standard InChI is InChI=1S/C12H14ClN3O2/c1-12(2,3)10-15-16(11(17)18-10)7-4-5-8(13)9(14)6-7/h4-6H,14H2,1-3H3. The van der Waals surface area contributed by atoms with Crippen molar-refractivity contribution >= 4 is 17.3 Å². The first-order valence-electron chi connectivity index (χ1n) is 5.45. The van der Waals surface area contributed by atoms with Crippen LogP contribution < -0.4 is 11.5 Å². The molecule has 2 rings (SSSR count). The number of nitrogen functional groups attached to an aromatic ring is 1. The predicted molar refractivity (Wildman–Crippen MR) is 70.2 cm³/mol. The molecule has 2 aromatic rings. The minimum Gasteiger partial charge on any atom is -0.397 e. The summed E-state index contributed by atoms with van der Waals surface area (Å²) in [5.41, 5.74) is 6.28. The summed E-state index contributed by atoms with van der Waals surface area (Å²) in [6.45, 7) is 5.75. The van der Waals surface area contributed by atoms with E-state index in [2.05, 4.69) is 5.10 Å². The van der Waals surface area contributed by atoms with Crippen molar-refractivity contribution in [2.45, 2.75) is 26.2 Å². The maximum absolute atomic E-state index is 11.7. The average Bonchev–Trinajstić information content (AvgIpc) is 2.64. The molecule has 18 heavy (non-hydrogen) atoms. The van der Waals surface area contributed by atoms with Gasteiger partial charge in [-0.05, 0) is 18.2 Å². The van der Waals surface area contributed by atoms with Gasteiger partial charge in [0.05, 0.1) is 16.4 Å². The fourth-order valence-electron chi connectivity index (χ4n) is 1.41. The topological polar surface area (TPSA) is 74.1 Å². The second kappa shape index (κ2) is 4.17. The van der Waals surface area contributed by atoms with Gasteiger partial charge in [-0.25, -0.2) is 4.79 Å². The maximum atomic E-state index is 11.7. The van der Waals surface area contributed by atoms with Crippen LogP contribution in [0.1, 0.15) is 26.7 Å². The molecule has 0 saturated heterocycles. The minimum atomic E-state index is -0.540. The van der Waals surface area contributed by atoms with Gasteiger partial charge >= 0.3 is 5.76 Å². The molecule has 0 bridgehead atoms. The van der Waals surface area contributed by atoms with E-state index in [1.807, 2.05) is 20.8 Å². The molecule has 0 radical (unpaired) electrons. The van der Waals surface area contributed by atoms with E-state index in [0.717, 1.165) is 0 Å². The van der Waals surface area contributed by atoms with Crippen LogP contribution in [0.4, 0.5) is 5.69 Å². The Morgan fingerprint density at radius 3 is 2.56 bits per heavy atom. The number of nitrogens with two attached hydrogens (primary N) is 1. The molecule has 0 fully saturated rings. The SMILES string of the molecule is CC(C)(C)c1nn(-c2ccc(Cl)c(N)c2)c(=O)o1. The van der Waals surface area contributed by atoms with Crippen molar-refractivity contribution in [2.75, 3.05) is 5.73 Å². The van der Waals surface area contributed by atoms with Crippen LogP contribution in [0.3, 0.4) is 0 Å². The monoisotopic (exact) mass is 267 g/mol. The number of halogens is 1. The average molecular weight is 268 g/mol. The molecule has 1 aromatic heterocycles. The molecule has 1 aromatic carbocycles. The molecule has 0 amide bonds. The molecule has 2 N–H and O–H groups in total. The summed E-state index contributed by atoms with van der Waals surface area (Å²) >= 11 is 5.83. The fraction of sp³-hybridized carbons (Fsp3) is 0.333. The van der Waals surface area contributed by atoms with E-state index in [9.17, 15) is 4.79 Å². The van der Waals surface area contributed by atoms with Gasteiger partial charge in [0.15, 0.2) is 0 Å². The Hall–Kier alpha value is -1.75. The number of rotatable bonds is 1. The lowest BCUT2D eigenvalue weighted by Gasteiger charge is -2.10. The van der Waals surface area contributed by atoms with E-state index < -0.39 is 5.76 Å². The zero-order valence-corrected chi connectivity index (χ0v) is 11.2. The second-order valence-electron chi connectivity index (χ2n) is 5.04. The molecule has 5 nitrogen and oxygen atoms in total. The molecule has 0 spiro atoms. The third-order valence-corrected chi connectivity index (χ3v) is 2.76. The minimum absolute atomic E-state index is 0.331. The van der Waals surface area contributed by atoms with Gasteiger partial charge in [0.2, 0.25) is 5.89 Å². The van der Waals surface area contributed by atoms with E-state index in [0.29, 0.717) is 22.3 Å². The molecule has 6 heteroatoms. The summed E-state index contributed by atoms with van der Waals surface area (Å²) in [6.07, 6.45) is 0. The number of nitrogens with zero attached hydrogens (tertiary/aromatic N) is 2. The highest BCUT2D eigenvalue weighted by Gasteiger charge is 2.22. The van der Waals surface area contributed by atoms with E-state index in [1.54, 1.807) is 18.2 Å². The number of aromatic nitrogens is 2. The molecule has 1 heterocycles. The highest BCUT2D eigenvalue weighted by Crippen LogP contribution is 2.22. The van der Waals surface area contributed by atoms with Crippen LogP contribution in [-0.2, 0) is 5.41 Å². The zero-order chi connectivity index (χ0) is 13.5. The lowest BCUT2D eigenvalue weighted by atomic mass is 9.97. The normalized spacial score (nSPS) is 11.8. The molecule has 96 valence electrons. The Labute approximate surface area is 109 Å². The smallest absolute Gasteiger partial charge is 0.397 e. The van der Waals surface area contributed by atoms with Crippen molar-refractivity contribution in [1.82, 2.24) is 9.78 Å². The van der Waals surface area contributed by atoms with Gasteiger partial charge in [0.1, 0.15) is 0 Å². The van der Waals surface area contributed by atoms with E-state index in [4.69, 9.17) is 21.8 Å². The quantitative estimate of drug-likeness (QED) is 0.805. The van der Waals surface area contributed by atoms with Crippen LogP contribution in [0.2, 0.25) is 5.02 Å². The number of benzene rings is 1. The van der Waals surface area contributed by atoms with E-state index in [1.165, 1.54) is 4.68 Å². The van der Waals surface area contributed by atoms with Gasteiger partial charge in [-0.1, -0.05) is 32.4 Å². The molecule has 0 aliphatic carbocycles. The first-order chi connectivity index (χ1) is 8.29. The predicted octanol–water partition coefficient (Wildman–Crippen LogP) is 2.36. The van der Waals surface area contributed by atoms with Gasteiger partial charge in [-0.2, -0.15) is 4.68 Å². The summed E-state index contributed by atoms with van der Waals surface area (Å²) in [5.74, 6) is -0.164. The van der Waals surface area contributed by atoms with Crippen molar-refractivity contribution in [2.24, 2.45) is 0 Å². The van der Waals surface area contributed by atoms with Crippen LogP contribution in [0.15, 0.2) is 27.4 Å². The number of hydrogen-bond donors (Lipinski definition) is 1. The third kappa shape index (κ3) is 2.26. The second-order valence-corrected chi connectivity index (χ2v) is 5.45. The number of anilines is 1. The van der Waals surface area contributed by atoms with Gasteiger partial charge in [-0.15, -0.1) is 5.10 Å². The summed E-state index contributed by atoms with van der Waals surface area (Å²) in [5, 5.41) is 4.60. The Kier molecular flexibility index (Phi) is 2.94. The van der Waals surface area contributed by atoms with E-state index in [-0.39, 0.29) is 5.41 Å². The lowest BCUT2D eigenvalue weighted by molar-refractivity contribution is 0.375.